The van der Waals surface area contributed by atoms with Crippen LogP contribution in [-0.2, 0) is 6.54 Å². The maximum Gasteiger partial charge on any atom is 0.171 e. The Labute approximate surface area is 163 Å². The fraction of sp³-hybridized carbons (Fsp3) is 0.333. The maximum atomic E-state index is 4.89. The molecule has 138 valence electrons. The highest BCUT2D eigenvalue weighted by molar-refractivity contribution is 7.80. The molecule has 0 radical (unpaired) electrons. The number of anilines is 1. The molecule has 1 aliphatic rings. The molecule has 27 heavy (non-hydrogen) atoms. The van der Waals surface area contributed by atoms with Crippen LogP contribution in [0.25, 0.3) is 16.6 Å². The number of thiol groups is 1. The first-order valence-electron chi connectivity index (χ1n) is 9.65. The third kappa shape index (κ3) is 3.18. The molecule has 0 bridgehead atoms. The molecular weight excluding hydrogens is 354 g/mol. The van der Waals surface area contributed by atoms with Gasteiger partial charge in [0, 0.05) is 35.9 Å². The first-order valence-corrected chi connectivity index (χ1v) is 10.1. The van der Waals surface area contributed by atoms with Crippen LogP contribution >= 0.6 is 12.6 Å². The van der Waals surface area contributed by atoms with Gasteiger partial charge in [-0.15, -0.1) is 12.6 Å². The molecule has 0 spiro atoms. The molecule has 1 aliphatic carbocycles. The summed E-state index contributed by atoms with van der Waals surface area (Å²) in [6.45, 7) is 0.742. The van der Waals surface area contributed by atoms with E-state index >= 15 is 0 Å². The zero-order valence-electron chi connectivity index (χ0n) is 15.2. The summed E-state index contributed by atoms with van der Waals surface area (Å²) in [6.07, 6.45) is 10.1. The summed E-state index contributed by atoms with van der Waals surface area (Å²) < 4.78 is 1.86. The lowest BCUT2D eigenvalue weighted by Crippen LogP contribution is -2.11. The molecule has 3 heterocycles. The summed E-state index contributed by atoms with van der Waals surface area (Å²) in [5, 5.41) is 9.27. The zero-order valence-corrected chi connectivity index (χ0v) is 16.0. The predicted octanol–water partition coefficient (Wildman–Crippen LogP) is 5.16. The van der Waals surface area contributed by atoms with Crippen molar-refractivity contribution in [3.63, 3.8) is 0 Å². The van der Waals surface area contributed by atoms with Crippen molar-refractivity contribution in [3.8, 4) is 0 Å². The van der Waals surface area contributed by atoms with Gasteiger partial charge in [-0.05, 0) is 42.0 Å². The molecule has 0 unspecified atom stereocenters. The van der Waals surface area contributed by atoms with Crippen molar-refractivity contribution in [1.82, 2.24) is 19.6 Å². The predicted molar refractivity (Wildman–Crippen MR) is 112 cm³/mol. The van der Waals surface area contributed by atoms with Crippen LogP contribution in [0.4, 0.5) is 5.82 Å². The van der Waals surface area contributed by atoms with Crippen molar-refractivity contribution < 1.29 is 0 Å². The Hall–Kier alpha value is -2.47. The summed E-state index contributed by atoms with van der Waals surface area (Å²) in [4.78, 5) is 8.95. The van der Waals surface area contributed by atoms with Gasteiger partial charge < -0.3 is 10.3 Å². The Kier molecular flexibility index (Phi) is 4.28. The SMILES string of the molecule is Sc1cnn2c(NCc3ccc4[nH]ccc4c3)cc(C3CCCCC3)nc12. The first kappa shape index (κ1) is 16.7. The van der Waals surface area contributed by atoms with E-state index in [1.165, 1.54) is 48.7 Å². The molecule has 1 fully saturated rings. The highest BCUT2D eigenvalue weighted by Crippen LogP contribution is 2.33. The van der Waals surface area contributed by atoms with Gasteiger partial charge in [-0.1, -0.05) is 25.3 Å². The van der Waals surface area contributed by atoms with Crippen LogP contribution in [0.2, 0.25) is 0 Å². The number of aromatic amines is 1. The van der Waals surface area contributed by atoms with Crippen LogP contribution in [-0.4, -0.2) is 19.6 Å². The van der Waals surface area contributed by atoms with Crippen molar-refractivity contribution in [2.75, 3.05) is 5.32 Å². The van der Waals surface area contributed by atoms with Crippen LogP contribution in [0.5, 0.6) is 0 Å². The van der Waals surface area contributed by atoms with Gasteiger partial charge in [0.15, 0.2) is 5.65 Å². The number of nitrogens with one attached hydrogen (secondary N) is 2. The molecular formula is C21H23N5S. The van der Waals surface area contributed by atoms with Gasteiger partial charge in [0.25, 0.3) is 0 Å². The van der Waals surface area contributed by atoms with Crippen LogP contribution in [0, 0.1) is 0 Å². The molecule has 5 rings (SSSR count). The van der Waals surface area contributed by atoms with E-state index in [0.29, 0.717) is 5.92 Å². The van der Waals surface area contributed by atoms with E-state index in [1.54, 1.807) is 6.20 Å². The molecule has 4 aromatic rings. The Balaban J connectivity index is 1.47. The highest BCUT2D eigenvalue weighted by atomic mass is 32.1. The largest absolute Gasteiger partial charge is 0.366 e. The molecule has 5 nitrogen and oxygen atoms in total. The molecule has 0 saturated heterocycles. The van der Waals surface area contributed by atoms with Crippen molar-refractivity contribution in [1.29, 1.82) is 0 Å². The van der Waals surface area contributed by atoms with Gasteiger partial charge in [-0.3, -0.25) is 0 Å². The number of hydrogen-bond acceptors (Lipinski definition) is 4. The van der Waals surface area contributed by atoms with Crippen molar-refractivity contribution in [2.45, 2.75) is 49.5 Å². The Bertz CT molecular complexity index is 1090. The van der Waals surface area contributed by atoms with E-state index in [2.05, 4.69) is 58.4 Å². The third-order valence-electron chi connectivity index (χ3n) is 5.59. The molecule has 0 atom stereocenters. The van der Waals surface area contributed by atoms with Gasteiger partial charge in [-0.25, -0.2) is 4.98 Å². The fourth-order valence-electron chi connectivity index (χ4n) is 4.11. The number of rotatable bonds is 4. The zero-order chi connectivity index (χ0) is 18.2. The smallest absolute Gasteiger partial charge is 0.171 e. The van der Waals surface area contributed by atoms with Crippen molar-refractivity contribution >= 4 is 35.0 Å². The van der Waals surface area contributed by atoms with E-state index in [4.69, 9.17) is 4.98 Å². The van der Waals surface area contributed by atoms with E-state index in [1.807, 2.05) is 10.7 Å². The minimum absolute atomic E-state index is 0.545. The molecule has 2 N–H and O–H groups in total. The molecule has 1 aromatic carbocycles. The number of hydrogen-bond donors (Lipinski definition) is 3. The minimum Gasteiger partial charge on any atom is -0.366 e. The van der Waals surface area contributed by atoms with E-state index in [-0.39, 0.29) is 0 Å². The van der Waals surface area contributed by atoms with Gasteiger partial charge in [0.05, 0.1) is 11.1 Å². The minimum atomic E-state index is 0.545. The highest BCUT2D eigenvalue weighted by Gasteiger charge is 2.19. The third-order valence-corrected chi connectivity index (χ3v) is 5.90. The van der Waals surface area contributed by atoms with E-state index in [9.17, 15) is 0 Å². The van der Waals surface area contributed by atoms with E-state index in [0.717, 1.165) is 28.4 Å². The van der Waals surface area contributed by atoms with Crippen LogP contribution in [0.3, 0.4) is 0 Å². The lowest BCUT2D eigenvalue weighted by atomic mass is 9.87. The van der Waals surface area contributed by atoms with Gasteiger partial charge in [0.1, 0.15) is 5.82 Å². The van der Waals surface area contributed by atoms with Gasteiger partial charge in [0.2, 0.25) is 0 Å². The molecule has 0 amide bonds. The monoisotopic (exact) mass is 377 g/mol. The molecule has 6 heteroatoms. The van der Waals surface area contributed by atoms with Gasteiger partial charge >= 0.3 is 0 Å². The number of benzene rings is 1. The van der Waals surface area contributed by atoms with Crippen LogP contribution in [0.1, 0.15) is 49.3 Å². The summed E-state index contributed by atoms with van der Waals surface area (Å²) in [5.41, 5.74) is 4.41. The average molecular weight is 378 g/mol. The number of nitrogens with zero attached hydrogens (tertiary/aromatic N) is 3. The molecule has 1 saturated carbocycles. The normalized spacial score (nSPS) is 15.6. The Morgan fingerprint density at radius 2 is 2.04 bits per heavy atom. The number of H-pyrrole nitrogens is 1. The number of fused-ring (bicyclic) bond motifs is 2. The van der Waals surface area contributed by atoms with Crippen molar-refractivity contribution in [3.05, 3.63) is 54.0 Å². The quantitative estimate of drug-likeness (QED) is 0.431. The van der Waals surface area contributed by atoms with E-state index < -0.39 is 0 Å². The Morgan fingerprint density at radius 1 is 1.15 bits per heavy atom. The maximum absolute atomic E-state index is 4.89. The second kappa shape index (κ2) is 6.93. The fourth-order valence-corrected chi connectivity index (χ4v) is 4.31. The summed E-state index contributed by atoms with van der Waals surface area (Å²) in [5.74, 6) is 1.53. The summed E-state index contributed by atoms with van der Waals surface area (Å²) in [6, 6.07) is 10.8. The molecule has 3 aromatic heterocycles. The topological polar surface area (TPSA) is 58.0 Å². The molecule has 0 aliphatic heterocycles. The first-order chi connectivity index (χ1) is 13.3. The van der Waals surface area contributed by atoms with Crippen molar-refractivity contribution in [2.24, 2.45) is 0 Å². The van der Waals surface area contributed by atoms with Gasteiger partial charge in [-0.2, -0.15) is 9.61 Å². The summed E-state index contributed by atoms with van der Waals surface area (Å²) >= 11 is 4.55. The lowest BCUT2D eigenvalue weighted by Gasteiger charge is -2.22. The van der Waals surface area contributed by atoms with Crippen LogP contribution in [0.15, 0.2) is 47.6 Å². The number of aromatic nitrogens is 4. The average Bonchev–Trinajstić information content (AvgIpc) is 3.33. The summed E-state index contributed by atoms with van der Waals surface area (Å²) in [7, 11) is 0. The second-order valence-corrected chi connectivity index (χ2v) is 7.90. The van der Waals surface area contributed by atoms with Crippen LogP contribution < -0.4 is 5.32 Å². The standard InChI is InChI=1S/C21H23N5S/c27-19-13-24-26-20(11-18(25-21(19)26)15-4-2-1-3-5-15)23-12-14-6-7-17-16(10-14)8-9-22-17/h6-11,13,15,22-23,27H,1-5,12H2. The Morgan fingerprint density at radius 3 is 2.93 bits per heavy atom. The lowest BCUT2D eigenvalue weighted by molar-refractivity contribution is 0.437. The second-order valence-electron chi connectivity index (χ2n) is 7.42.